The van der Waals surface area contributed by atoms with Gasteiger partial charge < -0.3 is 9.72 Å². The Labute approximate surface area is 150 Å². The summed E-state index contributed by atoms with van der Waals surface area (Å²) in [6.07, 6.45) is 0.714. The Bertz CT molecular complexity index is 1070. The number of aromatic amines is 1. The van der Waals surface area contributed by atoms with Crippen molar-refractivity contribution in [1.29, 1.82) is 0 Å². The predicted octanol–water partition coefficient (Wildman–Crippen LogP) is 3.35. The van der Waals surface area contributed by atoms with Gasteiger partial charge in [-0.1, -0.05) is 30.3 Å². The summed E-state index contributed by atoms with van der Waals surface area (Å²) < 4.78 is 7.82. The highest BCUT2D eigenvalue weighted by atomic mass is 32.1. The molecule has 0 atom stereocenters. The van der Waals surface area contributed by atoms with Crippen molar-refractivity contribution in [3.63, 3.8) is 0 Å². The summed E-state index contributed by atoms with van der Waals surface area (Å²) >= 11 is 5.41. The average molecular weight is 353 g/mol. The van der Waals surface area contributed by atoms with Gasteiger partial charge in [0.1, 0.15) is 5.65 Å². The van der Waals surface area contributed by atoms with Crippen molar-refractivity contribution in [3.8, 4) is 0 Å². The number of ether oxygens (including phenoxy) is 1. The molecule has 128 valence electrons. The van der Waals surface area contributed by atoms with E-state index in [2.05, 4.69) is 9.97 Å². The van der Waals surface area contributed by atoms with Crippen molar-refractivity contribution in [3.05, 3.63) is 68.3 Å². The van der Waals surface area contributed by atoms with Gasteiger partial charge in [-0.25, -0.2) is 4.98 Å². The van der Waals surface area contributed by atoms with Gasteiger partial charge in [-0.3, -0.25) is 9.36 Å². The highest BCUT2D eigenvalue weighted by molar-refractivity contribution is 7.71. The lowest BCUT2D eigenvalue weighted by molar-refractivity contribution is -0.0411. The molecule has 0 fully saturated rings. The standard InChI is InChI=1S/C19H19N3O2S/c1-19(2)9-15-13(11-24-19)8-14-16(20-15)21-18(25)22(17(14)23)10-12-6-4-3-5-7-12/h3-8H,9-11H2,1-2H3,(H,20,21,25). The molecule has 1 aliphatic heterocycles. The van der Waals surface area contributed by atoms with Gasteiger partial charge in [-0.15, -0.1) is 0 Å². The van der Waals surface area contributed by atoms with E-state index in [0.29, 0.717) is 35.4 Å². The molecule has 0 spiro atoms. The molecular formula is C19H19N3O2S. The topological polar surface area (TPSA) is 59.9 Å². The van der Waals surface area contributed by atoms with Gasteiger partial charge in [0.2, 0.25) is 0 Å². The van der Waals surface area contributed by atoms with Crippen molar-refractivity contribution in [2.75, 3.05) is 0 Å². The second kappa shape index (κ2) is 5.89. The molecule has 25 heavy (non-hydrogen) atoms. The normalized spacial score (nSPS) is 15.9. The zero-order valence-corrected chi connectivity index (χ0v) is 15.0. The molecule has 1 aliphatic rings. The molecule has 4 rings (SSSR count). The van der Waals surface area contributed by atoms with Gasteiger partial charge in [0.15, 0.2) is 4.77 Å². The van der Waals surface area contributed by atoms with E-state index < -0.39 is 0 Å². The van der Waals surface area contributed by atoms with E-state index >= 15 is 0 Å². The maximum Gasteiger partial charge on any atom is 0.264 e. The Morgan fingerprint density at radius 3 is 2.84 bits per heavy atom. The largest absolute Gasteiger partial charge is 0.370 e. The van der Waals surface area contributed by atoms with Crippen LogP contribution in [0.3, 0.4) is 0 Å². The third-order valence-corrected chi connectivity index (χ3v) is 4.85. The monoisotopic (exact) mass is 353 g/mol. The number of aromatic nitrogens is 3. The number of nitrogens with one attached hydrogen (secondary N) is 1. The summed E-state index contributed by atoms with van der Waals surface area (Å²) in [4.78, 5) is 20.8. The molecule has 5 nitrogen and oxygen atoms in total. The third kappa shape index (κ3) is 3.03. The molecule has 6 heteroatoms. The molecule has 0 amide bonds. The van der Waals surface area contributed by atoms with Crippen LogP contribution in [-0.2, 0) is 24.3 Å². The zero-order chi connectivity index (χ0) is 17.6. The van der Waals surface area contributed by atoms with Gasteiger partial charge in [0.25, 0.3) is 5.56 Å². The Balaban J connectivity index is 1.85. The van der Waals surface area contributed by atoms with E-state index in [1.54, 1.807) is 4.57 Å². The number of hydrogen-bond acceptors (Lipinski definition) is 4. The quantitative estimate of drug-likeness (QED) is 0.718. The van der Waals surface area contributed by atoms with Crippen molar-refractivity contribution < 1.29 is 4.74 Å². The van der Waals surface area contributed by atoms with Crippen molar-refractivity contribution in [1.82, 2.24) is 14.5 Å². The third-order valence-electron chi connectivity index (χ3n) is 4.53. The molecule has 0 radical (unpaired) electrons. The summed E-state index contributed by atoms with van der Waals surface area (Å²) in [5, 5.41) is 0.548. The lowest BCUT2D eigenvalue weighted by atomic mass is 9.95. The molecule has 2 aromatic heterocycles. The van der Waals surface area contributed by atoms with Crippen LogP contribution in [0.5, 0.6) is 0 Å². The molecule has 0 saturated carbocycles. The summed E-state index contributed by atoms with van der Waals surface area (Å²) in [6, 6.07) is 11.7. The maximum atomic E-state index is 13.0. The molecular weight excluding hydrogens is 334 g/mol. The van der Waals surface area contributed by atoms with Crippen molar-refractivity contribution in [2.24, 2.45) is 0 Å². The Morgan fingerprint density at radius 1 is 1.32 bits per heavy atom. The fourth-order valence-corrected chi connectivity index (χ4v) is 3.42. The Morgan fingerprint density at radius 2 is 2.08 bits per heavy atom. The number of benzene rings is 1. The second-order valence-electron chi connectivity index (χ2n) is 7.02. The maximum absolute atomic E-state index is 13.0. The first-order chi connectivity index (χ1) is 11.9. The lowest BCUT2D eigenvalue weighted by Crippen LogP contribution is -2.33. The van der Waals surface area contributed by atoms with Gasteiger partial charge in [0, 0.05) is 12.0 Å². The fourth-order valence-electron chi connectivity index (χ4n) is 3.17. The molecule has 0 unspecified atom stereocenters. The average Bonchev–Trinajstić information content (AvgIpc) is 2.57. The van der Waals surface area contributed by atoms with E-state index in [4.69, 9.17) is 17.0 Å². The van der Waals surface area contributed by atoms with Gasteiger partial charge in [-0.05, 0) is 37.7 Å². The first-order valence-corrected chi connectivity index (χ1v) is 8.67. The molecule has 3 heterocycles. The fraction of sp³-hybridized carbons (Fsp3) is 0.316. The summed E-state index contributed by atoms with van der Waals surface area (Å²) in [7, 11) is 0. The first-order valence-electron chi connectivity index (χ1n) is 8.26. The minimum atomic E-state index is -0.243. The van der Waals surface area contributed by atoms with Gasteiger partial charge in [0.05, 0.1) is 29.8 Å². The minimum Gasteiger partial charge on any atom is -0.370 e. The van der Waals surface area contributed by atoms with Crippen LogP contribution in [0.1, 0.15) is 30.7 Å². The molecule has 0 aliphatic carbocycles. The van der Waals surface area contributed by atoms with E-state index in [1.165, 1.54) is 0 Å². The van der Waals surface area contributed by atoms with Gasteiger partial charge in [-0.2, -0.15) is 0 Å². The van der Waals surface area contributed by atoms with Crippen LogP contribution in [0, 0.1) is 4.77 Å². The number of nitrogens with zero attached hydrogens (tertiary/aromatic N) is 2. The van der Waals surface area contributed by atoms with Crippen LogP contribution < -0.4 is 5.56 Å². The number of H-pyrrole nitrogens is 1. The Hall–Kier alpha value is -2.31. The molecule has 3 aromatic rings. The molecule has 1 N–H and O–H groups in total. The Kier molecular flexibility index (Phi) is 3.81. The van der Waals surface area contributed by atoms with Crippen LogP contribution in [0.15, 0.2) is 41.2 Å². The number of rotatable bonds is 2. The van der Waals surface area contributed by atoms with Crippen LogP contribution in [0.25, 0.3) is 11.0 Å². The smallest absolute Gasteiger partial charge is 0.264 e. The predicted molar refractivity (Wildman–Crippen MR) is 99.3 cm³/mol. The summed E-state index contributed by atoms with van der Waals surface area (Å²) in [5.41, 5.74) is 3.15. The van der Waals surface area contributed by atoms with E-state index in [9.17, 15) is 4.79 Å². The van der Waals surface area contributed by atoms with Gasteiger partial charge >= 0.3 is 0 Å². The van der Waals surface area contributed by atoms with Crippen molar-refractivity contribution in [2.45, 2.75) is 39.0 Å². The highest BCUT2D eigenvalue weighted by Crippen LogP contribution is 2.27. The lowest BCUT2D eigenvalue weighted by Gasteiger charge is -2.31. The summed E-state index contributed by atoms with van der Waals surface area (Å²) in [5.74, 6) is 0. The molecule has 0 saturated heterocycles. The van der Waals surface area contributed by atoms with E-state index in [1.807, 2.05) is 50.2 Å². The van der Waals surface area contributed by atoms with Crippen LogP contribution in [0.2, 0.25) is 0 Å². The summed E-state index contributed by atoms with van der Waals surface area (Å²) in [6.45, 7) is 4.99. The zero-order valence-electron chi connectivity index (χ0n) is 14.2. The SMILES string of the molecule is CC1(C)Cc2nc3[nH]c(=S)n(Cc4ccccc4)c(=O)c3cc2CO1. The first kappa shape index (κ1) is 16.2. The van der Waals surface area contributed by atoms with Crippen LogP contribution in [0.4, 0.5) is 0 Å². The van der Waals surface area contributed by atoms with Crippen LogP contribution >= 0.6 is 12.2 Å². The highest BCUT2D eigenvalue weighted by Gasteiger charge is 2.27. The number of pyridine rings is 1. The van der Waals surface area contributed by atoms with E-state index in [-0.39, 0.29) is 11.2 Å². The molecule has 1 aromatic carbocycles. The molecule has 0 bridgehead atoms. The minimum absolute atomic E-state index is 0.122. The second-order valence-corrected chi connectivity index (χ2v) is 7.41. The van der Waals surface area contributed by atoms with E-state index in [0.717, 1.165) is 16.8 Å². The number of fused-ring (bicyclic) bond motifs is 2. The number of hydrogen-bond donors (Lipinski definition) is 1. The van der Waals surface area contributed by atoms with Crippen molar-refractivity contribution >= 4 is 23.3 Å². The van der Waals surface area contributed by atoms with Crippen LogP contribution in [-0.4, -0.2) is 20.1 Å².